The lowest BCUT2D eigenvalue weighted by Crippen LogP contribution is -2.39. The molecule has 1 aliphatic rings. The summed E-state index contributed by atoms with van der Waals surface area (Å²) in [4.78, 5) is 32.5. The average molecular weight is 409 g/mol. The molecule has 0 saturated carbocycles. The molecule has 0 aromatic heterocycles. The Labute approximate surface area is 177 Å². The van der Waals surface area contributed by atoms with Gasteiger partial charge in [0.1, 0.15) is 5.75 Å². The number of carbonyl (C=O) groups excluding carboxylic acids is 2. The maximum absolute atomic E-state index is 12.4. The third-order valence-electron chi connectivity index (χ3n) is 5.14. The molecule has 0 saturated heterocycles. The number of carbonyl (C=O) groups is 2. The van der Waals surface area contributed by atoms with Gasteiger partial charge in [-0.25, -0.2) is 0 Å². The topological polar surface area (TPSA) is 74.2 Å². The van der Waals surface area contributed by atoms with Gasteiger partial charge in [0.15, 0.2) is 5.96 Å². The molecule has 2 aromatic carbocycles. The molecule has 0 atom stereocenters. The van der Waals surface area contributed by atoms with Gasteiger partial charge in [-0.3, -0.25) is 19.5 Å². The first kappa shape index (κ1) is 21.4. The highest BCUT2D eigenvalue weighted by Crippen LogP contribution is 2.22. The molecule has 7 heteroatoms. The number of amides is 2. The molecule has 0 fully saturated rings. The minimum absolute atomic E-state index is 0.198. The SMILES string of the molecule is CN=C(NCCCCN1C(=O)c2ccccc2C1=O)N(C)Cc1ccccc1OC. The molecule has 1 aliphatic heterocycles. The maximum Gasteiger partial charge on any atom is 0.261 e. The lowest BCUT2D eigenvalue weighted by Gasteiger charge is -2.23. The van der Waals surface area contributed by atoms with Crippen molar-refractivity contribution in [2.75, 3.05) is 34.3 Å². The molecule has 30 heavy (non-hydrogen) atoms. The van der Waals surface area contributed by atoms with Gasteiger partial charge in [0.2, 0.25) is 0 Å². The number of nitrogens with one attached hydrogen (secondary N) is 1. The average Bonchev–Trinajstić information content (AvgIpc) is 3.01. The fraction of sp³-hybridized carbons (Fsp3) is 0.348. The lowest BCUT2D eigenvalue weighted by atomic mass is 10.1. The van der Waals surface area contributed by atoms with Crippen molar-refractivity contribution in [3.63, 3.8) is 0 Å². The number of hydrogen-bond acceptors (Lipinski definition) is 4. The van der Waals surface area contributed by atoms with Crippen molar-refractivity contribution in [2.24, 2.45) is 4.99 Å². The number of rotatable bonds is 8. The van der Waals surface area contributed by atoms with Crippen molar-refractivity contribution >= 4 is 17.8 Å². The predicted octanol–water partition coefficient (Wildman–Crippen LogP) is 2.78. The van der Waals surface area contributed by atoms with Crippen LogP contribution in [0, 0.1) is 0 Å². The zero-order chi connectivity index (χ0) is 21.5. The van der Waals surface area contributed by atoms with E-state index >= 15 is 0 Å². The number of benzene rings is 2. The molecule has 1 N–H and O–H groups in total. The van der Waals surface area contributed by atoms with Crippen LogP contribution in [0.15, 0.2) is 53.5 Å². The molecule has 3 rings (SSSR count). The number of hydrogen-bond donors (Lipinski definition) is 1. The summed E-state index contributed by atoms with van der Waals surface area (Å²) in [6.45, 7) is 1.79. The van der Waals surface area contributed by atoms with Crippen molar-refractivity contribution < 1.29 is 14.3 Å². The summed E-state index contributed by atoms with van der Waals surface area (Å²) < 4.78 is 5.42. The first-order chi connectivity index (χ1) is 14.6. The van der Waals surface area contributed by atoms with Crippen LogP contribution < -0.4 is 10.1 Å². The summed E-state index contributed by atoms with van der Waals surface area (Å²) in [5.41, 5.74) is 2.08. The fourth-order valence-electron chi connectivity index (χ4n) is 3.59. The number of nitrogens with zero attached hydrogens (tertiary/aromatic N) is 3. The molecule has 0 aliphatic carbocycles. The summed E-state index contributed by atoms with van der Waals surface area (Å²) in [7, 11) is 5.39. The number of guanidine groups is 1. The Morgan fingerprint density at radius 1 is 1.03 bits per heavy atom. The van der Waals surface area contributed by atoms with Gasteiger partial charge in [-0.15, -0.1) is 0 Å². The van der Waals surface area contributed by atoms with Crippen molar-refractivity contribution in [2.45, 2.75) is 19.4 Å². The summed E-state index contributed by atoms with van der Waals surface area (Å²) in [5.74, 6) is 1.23. The van der Waals surface area contributed by atoms with Crippen molar-refractivity contribution in [1.82, 2.24) is 15.1 Å². The summed E-state index contributed by atoms with van der Waals surface area (Å²) >= 11 is 0. The Balaban J connectivity index is 1.44. The Morgan fingerprint density at radius 2 is 1.67 bits per heavy atom. The van der Waals surface area contributed by atoms with Crippen molar-refractivity contribution in [3.05, 3.63) is 65.2 Å². The Hall–Kier alpha value is -3.35. The standard InChI is InChI=1S/C23H28N4O3/c1-24-23(26(2)16-17-10-4-7-13-20(17)30-3)25-14-8-9-15-27-21(28)18-11-5-6-12-19(18)22(27)29/h4-7,10-13H,8-9,14-16H2,1-3H3,(H,24,25). The van der Waals surface area contributed by atoms with Crippen LogP contribution in [0.3, 0.4) is 0 Å². The van der Waals surface area contributed by atoms with E-state index in [2.05, 4.69) is 10.3 Å². The number of fused-ring (bicyclic) bond motifs is 1. The zero-order valence-electron chi connectivity index (χ0n) is 17.7. The van der Waals surface area contributed by atoms with Crippen LogP contribution >= 0.6 is 0 Å². The van der Waals surface area contributed by atoms with E-state index < -0.39 is 0 Å². The van der Waals surface area contributed by atoms with Crippen LogP contribution in [0.2, 0.25) is 0 Å². The van der Waals surface area contributed by atoms with E-state index in [0.717, 1.165) is 30.1 Å². The van der Waals surface area contributed by atoms with Gasteiger partial charge in [-0.05, 0) is 31.0 Å². The largest absolute Gasteiger partial charge is 0.496 e. The van der Waals surface area contributed by atoms with Crippen LogP contribution in [-0.2, 0) is 6.54 Å². The van der Waals surface area contributed by atoms with Crippen LogP contribution in [0.4, 0.5) is 0 Å². The molecule has 2 aromatic rings. The second-order valence-electron chi connectivity index (χ2n) is 7.16. The number of para-hydroxylation sites is 1. The molecular weight excluding hydrogens is 380 g/mol. The van der Waals surface area contributed by atoms with Crippen LogP contribution in [0.25, 0.3) is 0 Å². The first-order valence-electron chi connectivity index (χ1n) is 10.1. The van der Waals surface area contributed by atoms with E-state index in [4.69, 9.17) is 4.74 Å². The van der Waals surface area contributed by atoms with Gasteiger partial charge >= 0.3 is 0 Å². The van der Waals surface area contributed by atoms with Crippen LogP contribution in [-0.4, -0.2) is 61.9 Å². The van der Waals surface area contributed by atoms with E-state index in [1.54, 1.807) is 38.4 Å². The van der Waals surface area contributed by atoms with Gasteiger partial charge in [-0.2, -0.15) is 0 Å². The molecule has 0 unspecified atom stereocenters. The van der Waals surface area contributed by atoms with Crippen LogP contribution in [0.1, 0.15) is 39.1 Å². The highest BCUT2D eigenvalue weighted by atomic mass is 16.5. The molecule has 0 spiro atoms. The first-order valence-corrected chi connectivity index (χ1v) is 10.1. The fourth-order valence-corrected chi connectivity index (χ4v) is 3.59. The van der Waals surface area contributed by atoms with E-state index in [-0.39, 0.29) is 11.8 Å². The Kier molecular flexibility index (Phi) is 7.06. The molecule has 158 valence electrons. The minimum atomic E-state index is -0.198. The summed E-state index contributed by atoms with van der Waals surface area (Å²) in [5, 5.41) is 3.34. The highest BCUT2D eigenvalue weighted by Gasteiger charge is 2.34. The van der Waals surface area contributed by atoms with Crippen LogP contribution in [0.5, 0.6) is 5.75 Å². The van der Waals surface area contributed by atoms with Gasteiger partial charge in [0, 0.05) is 39.3 Å². The molecule has 0 bridgehead atoms. The second kappa shape index (κ2) is 9.91. The number of ether oxygens (including phenoxy) is 1. The molecule has 1 heterocycles. The lowest BCUT2D eigenvalue weighted by molar-refractivity contribution is 0.0652. The van der Waals surface area contributed by atoms with Crippen molar-refractivity contribution in [3.8, 4) is 5.75 Å². The second-order valence-corrected chi connectivity index (χ2v) is 7.16. The quantitative estimate of drug-likeness (QED) is 0.315. The number of methoxy groups -OCH3 is 1. The molecular formula is C23H28N4O3. The van der Waals surface area contributed by atoms with Gasteiger partial charge < -0.3 is 15.0 Å². The molecule has 7 nitrogen and oxygen atoms in total. The number of imide groups is 1. The Morgan fingerprint density at radius 3 is 2.30 bits per heavy atom. The third kappa shape index (κ3) is 4.62. The zero-order valence-corrected chi connectivity index (χ0v) is 17.7. The minimum Gasteiger partial charge on any atom is -0.496 e. The Bertz CT molecular complexity index is 907. The predicted molar refractivity (Wildman–Crippen MR) is 117 cm³/mol. The van der Waals surface area contributed by atoms with Crippen molar-refractivity contribution in [1.29, 1.82) is 0 Å². The van der Waals surface area contributed by atoms with Gasteiger partial charge in [0.05, 0.1) is 18.2 Å². The van der Waals surface area contributed by atoms with Gasteiger partial charge in [-0.1, -0.05) is 30.3 Å². The van der Waals surface area contributed by atoms with E-state index in [9.17, 15) is 9.59 Å². The summed E-state index contributed by atoms with van der Waals surface area (Å²) in [6.07, 6.45) is 1.54. The third-order valence-corrected chi connectivity index (χ3v) is 5.14. The summed E-state index contributed by atoms with van der Waals surface area (Å²) in [6, 6.07) is 14.9. The maximum atomic E-state index is 12.4. The highest BCUT2D eigenvalue weighted by molar-refractivity contribution is 6.21. The number of aliphatic imine (C=N–C) groups is 1. The molecule has 0 radical (unpaired) electrons. The van der Waals surface area contributed by atoms with E-state index in [1.807, 2.05) is 36.2 Å². The normalized spacial score (nSPS) is 13.4. The number of unbranched alkanes of at least 4 members (excludes halogenated alkanes) is 1. The monoisotopic (exact) mass is 408 g/mol. The van der Waals surface area contributed by atoms with Gasteiger partial charge in [0.25, 0.3) is 11.8 Å². The smallest absolute Gasteiger partial charge is 0.261 e. The van der Waals surface area contributed by atoms with E-state index in [1.165, 1.54) is 4.90 Å². The molecule has 2 amide bonds. The van der Waals surface area contributed by atoms with E-state index in [0.29, 0.717) is 30.8 Å².